The van der Waals surface area contributed by atoms with Gasteiger partial charge >= 0.3 is 0 Å². The van der Waals surface area contributed by atoms with Crippen LogP contribution >= 0.6 is 0 Å². The summed E-state index contributed by atoms with van der Waals surface area (Å²) in [5.41, 5.74) is 6.37. The van der Waals surface area contributed by atoms with Crippen molar-refractivity contribution in [1.82, 2.24) is 25.3 Å². The van der Waals surface area contributed by atoms with Crippen LogP contribution in [0, 0.1) is 5.82 Å². The number of anilines is 1. The lowest BCUT2D eigenvalue weighted by Gasteiger charge is -1.99. The smallest absolute Gasteiger partial charge is 0.260 e. The molecular formula is C10H7FN6O. The second-order valence-corrected chi connectivity index (χ2v) is 3.49. The normalized spacial score (nSPS) is 10.7. The molecule has 7 nitrogen and oxygen atoms in total. The highest BCUT2D eigenvalue weighted by Gasteiger charge is 2.14. The van der Waals surface area contributed by atoms with E-state index < -0.39 is 5.82 Å². The SMILES string of the molecule is Nc1cc(F)ccc1-c1nc(-c2ncn[nH]2)no1. The molecule has 2 heterocycles. The molecule has 3 aromatic rings. The first-order valence-electron chi connectivity index (χ1n) is 4.99. The Morgan fingerprint density at radius 3 is 2.94 bits per heavy atom. The number of nitrogens with two attached hydrogens (primary N) is 1. The van der Waals surface area contributed by atoms with E-state index in [1.807, 2.05) is 0 Å². The molecule has 0 bridgehead atoms. The van der Waals surface area contributed by atoms with Crippen LogP contribution in [-0.2, 0) is 0 Å². The summed E-state index contributed by atoms with van der Waals surface area (Å²) in [7, 11) is 0. The number of halogens is 1. The third-order valence-electron chi connectivity index (χ3n) is 2.30. The van der Waals surface area contributed by atoms with Crippen molar-refractivity contribution in [3.05, 3.63) is 30.3 Å². The zero-order valence-electron chi connectivity index (χ0n) is 8.96. The van der Waals surface area contributed by atoms with Gasteiger partial charge in [0.15, 0.2) is 5.82 Å². The van der Waals surface area contributed by atoms with E-state index >= 15 is 0 Å². The summed E-state index contributed by atoms with van der Waals surface area (Å²) in [6.45, 7) is 0. The van der Waals surface area contributed by atoms with Crippen LogP contribution in [-0.4, -0.2) is 25.3 Å². The molecule has 18 heavy (non-hydrogen) atoms. The summed E-state index contributed by atoms with van der Waals surface area (Å²) < 4.78 is 18.0. The van der Waals surface area contributed by atoms with Crippen LogP contribution in [0.1, 0.15) is 0 Å². The quantitative estimate of drug-likeness (QED) is 0.659. The van der Waals surface area contributed by atoms with Crippen LogP contribution in [0.5, 0.6) is 0 Å². The van der Waals surface area contributed by atoms with E-state index in [1.165, 1.54) is 24.5 Å². The Labute approximate surface area is 99.9 Å². The van der Waals surface area contributed by atoms with E-state index in [0.29, 0.717) is 11.4 Å². The molecule has 0 aliphatic carbocycles. The third kappa shape index (κ3) is 1.69. The number of hydrogen-bond acceptors (Lipinski definition) is 6. The number of nitrogen functional groups attached to an aromatic ring is 1. The molecule has 0 saturated carbocycles. The van der Waals surface area contributed by atoms with Crippen molar-refractivity contribution >= 4 is 5.69 Å². The Balaban J connectivity index is 2.03. The minimum atomic E-state index is -0.425. The minimum absolute atomic E-state index is 0.193. The Morgan fingerprint density at radius 1 is 1.33 bits per heavy atom. The van der Waals surface area contributed by atoms with Gasteiger partial charge in [0.25, 0.3) is 5.89 Å². The zero-order valence-corrected chi connectivity index (χ0v) is 8.96. The number of benzene rings is 1. The maximum atomic E-state index is 12.9. The first-order chi connectivity index (χ1) is 8.74. The number of hydrogen-bond donors (Lipinski definition) is 2. The molecule has 0 radical (unpaired) electrons. The molecule has 0 spiro atoms. The second kappa shape index (κ2) is 3.91. The average Bonchev–Trinajstić information content (AvgIpc) is 2.99. The summed E-state index contributed by atoms with van der Waals surface area (Å²) in [6, 6.07) is 3.93. The van der Waals surface area contributed by atoms with Gasteiger partial charge in [-0.05, 0) is 18.2 Å². The van der Waals surface area contributed by atoms with Gasteiger partial charge in [0, 0.05) is 5.69 Å². The number of nitrogens with zero attached hydrogens (tertiary/aromatic N) is 4. The molecule has 3 rings (SSSR count). The van der Waals surface area contributed by atoms with Crippen molar-refractivity contribution in [3.8, 4) is 23.1 Å². The van der Waals surface area contributed by atoms with Gasteiger partial charge in [0.2, 0.25) is 5.82 Å². The average molecular weight is 246 g/mol. The van der Waals surface area contributed by atoms with Crippen molar-refractivity contribution in [3.63, 3.8) is 0 Å². The van der Waals surface area contributed by atoms with Gasteiger partial charge in [-0.2, -0.15) is 10.1 Å². The maximum Gasteiger partial charge on any atom is 0.260 e. The number of aromatic nitrogens is 5. The number of nitrogens with one attached hydrogen (secondary N) is 1. The van der Waals surface area contributed by atoms with Gasteiger partial charge in [-0.1, -0.05) is 5.16 Å². The Kier molecular flexibility index (Phi) is 2.26. The molecule has 0 amide bonds. The van der Waals surface area contributed by atoms with Gasteiger partial charge in [-0.3, -0.25) is 5.10 Å². The lowest BCUT2D eigenvalue weighted by molar-refractivity contribution is 0.432. The fraction of sp³-hybridized carbons (Fsp3) is 0. The van der Waals surface area contributed by atoms with Crippen LogP contribution in [0.25, 0.3) is 23.1 Å². The van der Waals surface area contributed by atoms with Crippen molar-refractivity contribution < 1.29 is 8.91 Å². The predicted molar refractivity (Wildman–Crippen MR) is 59.5 cm³/mol. The third-order valence-corrected chi connectivity index (χ3v) is 2.30. The number of aromatic amines is 1. The predicted octanol–water partition coefficient (Wildman–Crippen LogP) is 1.24. The topological polar surface area (TPSA) is 107 Å². The first kappa shape index (κ1) is 10.4. The Hall–Kier alpha value is -2.77. The maximum absolute atomic E-state index is 12.9. The molecule has 1 aromatic carbocycles. The summed E-state index contributed by atoms with van der Waals surface area (Å²) in [6.07, 6.45) is 1.33. The number of rotatable bonds is 2. The monoisotopic (exact) mass is 246 g/mol. The Bertz CT molecular complexity index is 678. The lowest BCUT2D eigenvalue weighted by atomic mass is 10.2. The van der Waals surface area contributed by atoms with Gasteiger partial charge in [0.1, 0.15) is 12.1 Å². The van der Waals surface area contributed by atoms with E-state index in [1.54, 1.807) is 0 Å². The molecule has 2 aromatic heterocycles. The Morgan fingerprint density at radius 2 is 2.22 bits per heavy atom. The van der Waals surface area contributed by atoms with E-state index in [0.717, 1.165) is 0 Å². The van der Waals surface area contributed by atoms with E-state index in [-0.39, 0.29) is 17.4 Å². The van der Waals surface area contributed by atoms with Gasteiger partial charge in [-0.15, -0.1) is 0 Å². The van der Waals surface area contributed by atoms with Gasteiger partial charge < -0.3 is 10.3 Å². The highest BCUT2D eigenvalue weighted by molar-refractivity contribution is 5.70. The second-order valence-electron chi connectivity index (χ2n) is 3.49. The van der Waals surface area contributed by atoms with Crippen molar-refractivity contribution in [2.45, 2.75) is 0 Å². The van der Waals surface area contributed by atoms with Gasteiger partial charge in [0.05, 0.1) is 5.56 Å². The van der Waals surface area contributed by atoms with E-state index in [2.05, 4.69) is 25.3 Å². The first-order valence-corrected chi connectivity index (χ1v) is 4.99. The summed E-state index contributed by atoms with van der Waals surface area (Å²) in [4.78, 5) is 7.99. The summed E-state index contributed by atoms with van der Waals surface area (Å²) >= 11 is 0. The van der Waals surface area contributed by atoms with Crippen LogP contribution < -0.4 is 5.73 Å². The van der Waals surface area contributed by atoms with E-state index in [4.69, 9.17) is 10.3 Å². The fourth-order valence-electron chi connectivity index (χ4n) is 1.47. The minimum Gasteiger partial charge on any atom is -0.398 e. The molecule has 0 atom stereocenters. The molecule has 3 N–H and O–H groups in total. The molecule has 90 valence electrons. The summed E-state index contributed by atoms with van der Waals surface area (Å²) in [5.74, 6) is 0.405. The largest absolute Gasteiger partial charge is 0.398 e. The van der Waals surface area contributed by atoms with Crippen LogP contribution in [0.15, 0.2) is 29.0 Å². The van der Waals surface area contributed by atoms with Gasteiger partial charge in [-0.25, -0.2) is 9.37 Å². The molecule has 8 heteroatoms. The van der Waals surface area contributed by atoms with Crippen molar-refractivity contribution in [2.24, 2.45) is 0 Å². The molecular weight excluding hydrogens is 239 g/mol. The highest BCUT2D eigenvalue weighted by atomic mass is 19.1. The molecule has 0 aliphatic heterocycles. The van der Waals surface area contributed by atoms with Crippen molar-refractivity contribution in [1.29, 1.82) is 0 Å². The van der Waals surface area contributed by atoms with Crippen LogP contribution in [0.2, 0.25) is 0 Å². The lowest BCUT2D eigenvalue weighted by Crippen LogP contribution is -1.91. The van der Waals surface area contributed by atoms with Crippen molar-refractivity contribution in [2.75, 3.05) is 5.73 Å². The van der Waals surface area contributed by atoms with Crippen LogP contribution in [0.3, 0.4) is 0 Å². The zero-order chi connectivity index (χ0) is 12.5. The molecule has 0 fully saturated rings. The summed E-state index contributed by atoms with van der Waals surface area (Å²) in [5, 5.41) is 10.0. The molecule has 0 saturated heterocycles. The van der Waals surface area contributed by atoms with E-state index in [9.17, 15) is 4.39 Å². The standard InChI is InChI=1S/C10H7FN6O/c11-5-1-2-6(7(12)3-5)10-15-9(17-18-10)8-13-4-14-16-8/h1-4H,12H2,(H,13,14,16). The molecule has 0 aliphatic rings. The number of H-pyrrole nitrogens is 1. The molecule has 0 unspecified atom stereocenters. The fourth-order valence-corrected chi connectivity index (χ4v) is 1.47. The van der Waals surface area contributed by atoms with Crippen LogP contribution in [0.4, 0.5) is 10.1 Å². The highest BCUT2D eigenvalue weighted by Crippen LogP contribution is 2.26.